The van der Waals surface area contributed by atoms with Crippen LogP contribution in [0.5, 0.6) is 0 Å². The zero-order chi connectivity index (χ0) is 19.7. The van der Waals surface area contributed by atoms with Crippen molar-refractivity contribution >= 4 is 18.4 Å². The van der Waals surface area contributed by atoms with Gasteiger partial charge in [-0.2, -0.15) is 20.0 Å². The van der Waals surface area contributed by atoms with E-state index in [4.69, 9.17) is 22.1 Å². The van der Waals surface area contributed by atoms with Crippen molar-refractivity contribution < 1.29 is 4.74 Å². The highest BCUT2D eigenvalue weighted by Gasteiger charge is 2.23. The molecule has 7 nitrogen and oxygen atoms in total. The van der Waals surface area contributed by atoms with E-state index >= 15 is 0 Å². The number of ether oxygens (including phenoxy) is 1. The predicted molar refractivity (Wildman–Crippen MR) is 110 cm³/mol. The van der Waals surface area contributed by atoms with Gasteiger partial charge < -0.3 is 4.74 Å². The molecule has 1 atom stereocenters. The Morgan fingerprint density at radius 1 is 1.29 bits per heavy atom. The lowest BCUT2D eigenvalue weighted by molar-refractivity contribution is 0.102. The number of rotatable bonds is 5. The van der Waals surface area contributed by atoms with Gasteiger partial charge in [0, 0.05) is 17.9 Å². The second kappa shape index (κ2) is 7.81. The number of nitrogens with one attached hydrogen (secondary N) is 1. The highest BCUT2D eigenvalue weighted by molar-refractivity contribution is 7.71. The molecule has 0 saturated carbocycles. The highest BCUT2D eigenvalue weighted by atomic mass is 32.1. The molecule has 1 aliphatic heterocycles. The maximum absolute atomic E-state index is 5.73. The Bertz CT molecular complexity index is 1050. The van der Waals surface area contributed by atoms with Crippen LogP contribution in [0.1, 0.15) is 52.8 Å². The molecule has 2 aromatic heterocycles. The Labute approximate surface area is 169 Å². The fourth-order valence-corrected chi connectivity index (χ4v) is 3.62. The van der Waals surface area contributed by atoms with Crippen molar-refractivity contribution in [1.82, 2.24) is 24.7 Å². The lowest BCUT2D eigenvalue weighted by Crippen LogP contribution is -2.06. The van der Waals surface area contributed by atoms with Crippen molar-refractivity contribution in [2.75, 3.05) is 6.61 Å². The van der Waals surface area contributed by atoms with Gasteiger partial charge >= 0.3 is 0 Å². The molecule has 0 bridgehead atoms. The normalized spacial score (nSPS) is 17.0. The lowest BCUT2D eigenvalue weighted by Gasteiger charge is -2.07. The number of hydrogen-bond donors (Lipinski definition) is 1. The van der Waals surface area contributed by atoms with E-state index in [1.54, 1.807) is 4.68 Å². The largest absolute Gasteiger partial charge is 0.370 e. The van der Waals surface area contributed by atoms with Gasteiger partial charge in [-0.15, -0.1) is 0 Å². The summed E-state index contributed by atoms with van der Waals surface area (Å²) in [6, 6.07) is 8.52. The van der Waals surface area contributed by atoms with E-state index in [0.717, 1.165) is 48.8 Å². The lowest BCUT2D eigenvalue weighted by atomic mass is 10.1. The Hall–Kier alpha value is -2.58. The average molecular weight is 397 g/mol. The fraction of sp³-hybridized carbons (Fsp3) is 0.400. The van der Waals surface area contributed by atoms with E-state index in [0.29, 0.717) is 4.77 Å². The first kappa shape index (κ1) is 18.8. The van der Waals surface area contributed by atoms with Crippen molar-refractivity contribution in [2.24, 2.45) is 5.10 Å². The standard InChI is InChI=1S/C20H24N6OS/c1-13-6-8-16(9-7-13)12-25-15(3)17(14(2)24-25)11-21-26-19(22-23-20(26)28)18-5-4-10-27-18/h6-9,11,18H,4-5,10,12H2,1-3H3,(H,23,28)/b21-11+/t18-/m0/s1. The second-order valence-corrected chi connectivity index (χ2v) is 7.56. The van der Waals surface area contributed by atoms with E-state index in [1.165, 1.54) is 11.1 Å². The molecule has 1 fully saturated rings. The summed E-state index contributed by atoms with van der Waals surface area (Å²) in [4.78, 5) is 0. The van der Waals surface area contributed by atoms with Crippen LogP contribution >= 0.6 is 12.2 Å². The van der Waals surface area contributed by atoms with Crippen molar-refractivity contribution in [3.8, 4) is 0 Å². The molecule has 0 spiro atoms. The summed E-state index contributed by atoms with van der Waals surface area (Å²) >= 11 is 5.35. The van der Waals surface area contributed by atoms with Crippen LogP contribution in [0, 0.1) is 25.5 Å². The summed E-state index contributed by atoms with van der Waals surface area (Å²) in [6.07, 6.45) is 3.71. The van der Waals surface area contributed by atoms with Crippen molar-refractivity contribution in [3.63, 3.8) is 0 Å². The number of aromatic nitrogens is 5. The fourth-order valence-electron chi connectivity index (χ4n) is 3.44. The zero-order valence-electron chi connectivity index (χ0n) is 16.3. The van der Waals surface area contributed by atoms with Gasteiger partial charge in [-0.3, -0.25) is 9.78 Å². The summed E-state index contributed by atoms with van der Waals surface area (Å²) < 4.78 is 9.86. The molecule has 8 heteroatoms. The average Bonchev–Trinajstić information content (AvgIpc) is 3.38. The molecule has 0 radical (unpaired) electrons. The van der Waals surface area contributed by atoms with E-state index < -0.39 is 0 Å². The first-order valence-corrected chi connectivity index (χ1v) is 9.86. The zero-order valence-corrected chi connectivity index (χ0v) is 17.2. The first-order valence-electron chi connectivity index (χ1n) is 9.46. The third kappa shape index (κ3) is 3.70. The van der Waals surface area contributed by atoms with E-state index in [9.17, 15) is 0 Å². The molecule has 1 saturated heterocycles. The smallest absolute Gasteiger partial charge is 0.216 e. The topological polar surface area (TPSA) is 73.0 Å². The van der Waals surface area contributed by atoms with Gasteiger partial charge in [0.05, 0.1) is 18.5 Å². The summed E-state index contributed by atoms with van der Waals surface area (Å²) in [5, 5.41) is 16.4. The highest BCUT2D eigenvalue weighted by Crippen LogP contribution is 2.27. The second-order valence-electron chi connectivity index (χ2n) is 7.17. The molecule has 0 amide bonds. The minimum atomic E-state index is -0.0587. The summed E-state index contributed by atoms with van der Waals surface area (Å²) in [6.45, 7) is 7.62. The molecule has 3 heterocycles. The van der Waals surface area contributed by atoms with E-state index in [2.05, 4.69) is 53.4 Å². The van der Waals surface area contributed by atoms with Crippen LogP contribution in [-0.4, -0.2) is 37.5 Å². The van der Waals surface area contributed by atoms with Gasteiger partial charge in [0.2, 0.25) is 4.77 Å². The Kier molecular flexibility index (Phi) is 5.23. The molecular formula is C20H24N6OS. The quantitative estimate of drug-likeness (QED) is 0.525. The van der Waals surface area contributed by atoms with Crippen LogP contribution in [0.3, 0.4) is 0 Å². The predicted octanol–water partition coefficient (Wildman–Crippen LogP) is 3.84. The molecule has 1 N–H and O–H groups in total. The Balaban J connectivity index is 1.60. The Morgan fingerprint density at radius 2 is 2.07 bits per heavy atom. The number of H-pyrrole nitrogens is 1. The van der Waals surface area contributed by atoms with Gasteiger partial charge in [0.25, 0.3) is 0 Å². The maximum atomic E-state index is 5.73. The van der Waals surface area contributed by atoms with Crippen LogP contribution in [-0.2, 0) is 11.3 Å². The van der Waals surface area contributed by atoms with Crippen LogP contribution in [0.25, 0.3) is 0 Å². The molecule has 146 valence electrons. The molecule has 0 unspecified atom stereocenters. The summed E-state index contributed by atoms with van der Waals surface area (Å²) in [5.41, 5.74) is 5.47. The minimum absolute atomic E-state index is 0.0587. The SMILES string of the molecule is Cc1ccc(Cn2nc(C)c(/C=N/n3c([C@@H]4CCCO4)n[nH]c3=S)c2C)cc1. The number of aryl methyl sites for hydroxylation is 2. The first-order chi connectivity index (χ1) is 13.5. The van der Waals surface area contributed by atoms with Crippen LogP contribution in [0.15, 0.2) is 29.4 Å². The van der Waals surface area contributed by atoms with Crippen molar-refractivity contribution in [2.45, 2.75) is 46.3 Å². The van der Waals surface area contributed by atoms with Crippen LogP contribution in [0.4, 0.5) is 0 Å². The molecule has 4 rings (SSSR count). The minimum Gasteiger partial charge on any atom is -0.370 e. The van der Waals surface area contributed by atoms with E-state index in [1.807, 2.05) is 17.8 Å². The molecule has 3 aromatic rings. The molecule has 1 aliphatic rings. The van der Waals surface area contributed by atoms with E-state index in [-0.39, 0.29) is 6.10 Å². The third-order valence-electron chi connectivity index (χ3n) is 5.09. The molecule has 28 heavy (non-hydrogen) atoms. The Morgan fingerprint density at radius 3 is 2.79 bits per heavy atom. The van der Waals surface area contributed by atoms with Gasteiger partial charge in [0.1, 0.15) is 6.10 Å². The van der Waals surface area contributed by atoms with Gasteiger partial charge in [-0.25, -0.2) is 0 Å². The number of aromatic amines is 1. The molecular weight excluding hydrogens is 372 g/mol. The van der Waals surface area contributed by atoms with Crippen LogP contribution < -0.4 is 0 Å². The molecule has 0 aliphatic carbocycles. The summed E-state index contributed by atoms with van der Waals surface area (Å²) in [7, 11) is 0. The van der Waals surface area contributed by atoms with Crippen molar-refractivity contribution in [1.29, 1.82) is 0 Å². The van der Waals surface area contributed by atoms with Gasteiger partial charge in [-0.05, 0) is 51.4 Å². The maximum Gasteiger partial charge on any atom is 0.216 e. The molecule has 1 aromatic carbocycles. The van der Waals surface area contributed by atoms with Crippen LogP contribution in [0.2, 0.25) is 0 Å². The van der Waals surface area contributed by atoms with Gasteiger partial charge in [0.15, 0.2) is 5.82 Å². The van der Waals surface area contributed by atoms with Gasteiger partial charge in [-0.1, -0.05) is 29.8 Å². The third-order valence-corrected chi connectivity index (χ3v) is 5.35. The number of hydrogen-bond acceptors (Lipinski definition) is 5. The number of benzene rings is 1. The monoisotopic (exact) mass is 396 g/mol. The number of nitrogens with zero attached hydrogens (tertiary/aromatic N) is 5. The van der Waals surface area contributed by atoms with Crippen molar-refractivity contribution in [3.05, 3.63) is 62.9 Å². The summed E-state index contributed by atoms with van der Waals surface area (Å²) in [5.74, 6) is 0.723.